The molecule has 8 rings (SSSR count). The van der Waals surface area contributed by atoms with Gasteiger partial charge in [-0.25, -0.2) is 8.78 Å². The monoisotopic (exact) mass is 1930 g/mol. The number of hydrogen-bond donors (Lipinski definition) is 2. The van der Waals surface area contributed by atoms with Gasteiger partial charge in [0.25, 0.3) is 0 Å². The van der Waals surface area contributed by atoms with Crippen molar-refractivity contribution in [3.63, 3.8) is 0 Å². The van der Waals surface area contributed by atoms with Crippen LogP contribution in [0.25, 0.3) is 6.08 Å². The van der Waals surface area contributed by atoms with Crippen LogP contribution >= 0.6 is 0 Å². The average Bonchev–Trinajstić information content (AvgIpc) is 0.899. The first-order valence-corrected chi connectivity index (χ1v) is 45.6. The van der Waals surface area contributed by atoms with Gasteiger partial charge in [-0.3, -0.25) is 0 Å². The summed E-state index contributed by atoms with van der Waals surface area (Å²) in [6, 6.07) is 50.7. The molecule has 1 atom stereocenters. The molecule has 0 heterocycles. The normalized spacial score (nSPS) is 10.0. The van der Waals surface area contributed by atoms with Crippen LogP contribution in [0.15, 0.2) is 176 Å². The Balaban J connectivity index is -0.000000226. The summed E-state index contributed by atoms with van der Waals surface area (Å²) < 4.78 is 26.6. The first kappa shape index (κ1) is 147. The Kier molecular flexibility index (Phi) is 103. The van der Waals surface area contributed by atoms with Crippen molar-refractivity contribution in [1.29, 1.82) is 0 Å². The maximum absolute atomic E-state index is 13.5. The van der Waals surface area contributed by atoms with E-state index in [2.05, 4.69) is 85.7 Å². The number of hydrogen-bond acceptors (Lipinski definition) is 18. The maximum Gasteiger partial charge on any atom is 1.00 e. The third-order valence-electron chi connectivity index (χ3n) is 20.2. The molecule has 696 valence electrons. The number of aromatic hydroxyl groups is 2. The zero-order valence-electron chi connectivity index (χ0n) is 84.7. The Morgan fingerprint density at radius 2 is 0.607 bits per heavy atom. The van der Waals surface area contributed by atoms with Crippen LogP contribution in [0.1, 0.15) is 318 Å². The van der Waals surface area contributed by atoms with E-state index >= 15 is 0 Å². The molecule has 1 unspecified atom stereocenters. The van der Waals surface area contributed by atoms with Crippen molar-refractivity contribution in [2.75, 3.05) is 0 Å². The van der Waals surface area contributed by atoms with Gasteiger partial charge >= 0.3 is 236 Å². The van der Waals surface area contributed by atoms with Gasteiger partial charge in [0.05, 0.1) is 0 Å². The number of rotatable bonds is 49. The molecule has 0 fully saturated rings. The Bertz CT molecular complexity index is 4460. The Morgan fingerprint density at radius 3 is 1.02 bits per heavy atom. The molecule has 0 aliphatic carbocycles. The van der Waals surface area contributed by atoms with Crippen molar-refractivity contribution in [3.05, 3.63) is 277 Å². The fraction of sp³-hybridized carbons (Fsp3) is 0.458. The predicted molar refractivity (Wildman–Crippen MR) is 485 cm³/mol. The first-order chi connectivity index (χ1) is 60.8. The van der Waals surface area contributed by atoms with Gasteiger partial charge in [-0.2, -0.15) is 0 Å². The molecule has 2 N–H and O–H groups in total. The average molecular weight is 1930 g/mol. The Labute approximate surface area is 982 Å². The SMILES string of the molecule is CCC/C=C/c1cccc(CC(=O)[O-])c1.CCCCCc1cc(CCC(=O)[O-])ccc1F.CCCCCc1cc(F)cc(CC(=O)[O-])c1.CCCCCc1cc(O)cc(CC(=O)[O-])c1.CCCCCc1ccc(O)c(CC(=O)[O-])c1.CCCCCc1cccc(C(C)C(=O)[O-])c1.CCCCCc1cccc(CC(=O)[O-])c1.CCCCCc1cccc(CCC(=O)[O-])c1.[Na+].[Na+].[Na+].[Na+].[Na+].[Na+].[Na+].[Na+]. The quantitative estimate of drug-likeness (QED) is 0.0264. The van der Waals surface area contributed by atoms with Crippen LogP contribution in [-0.4, -0.2) is 58.0 Å². The molecule has 18 nitrogen and oxygen atoms in total. The zero-order chi connectivity index (χ0) is 94.5. The van der Waals surface area contributed by atoms with E-state index in [1.807, 2.05) is 84.9 Å². The minimum Gasteiger partial charge on any atom is -0.550 e. The second kappa shape index (κ2) is 94.3. The Hall–Kier alpha value is -3.28. The molecule has 8 aromatic rings. The van der Waals surface area contributed by atoms with Gasteiger partial charge in [-0.1, -0.05) is 304 Å². The van der Waals surface area contributed by atoms with Crippen molar-refractivity contribution in [1.82, 2.24) is 0 Å². The van der Waals surface area contributed by atoms with E-state index in [0.29, 0.717) is 35.1 Å². The van der Waals surface area contributed by atoms with Crippen LogP contribution in [0.2, 0.25) is 0 Å². The minimum absolute atomic E-state index is 0. The fourth-order valence-corrected chi connectivity index (χ4v) is 13.4. The summed E-state index contributed by atoms with van der Waals surface area (Å²) in [5.74, 6) is -9.49. The molecule has 0 amide bonds. The van der Waals surface area contributed by atoms with E-state index in [-0.39, 0.29) is 305 Å². The van der Waals surface area contributed by atoms with Gasteiger partial charge in [0.1, 0.15) is 23.1 Å². The number of aryl methyl sites for hydroxylation is 9. The maximum atomic E-state index is 13.5. The smallest absolute Gasteiger partial charge is 0.550 e. The van der Waals surface area contributed by atoms with E-state index in [1.54, 1.807) is 49.4 Å². The molecule has 28 heteroatoms. The van der Waals surface area contributed by atoms with E-state index in [0.717, 1.165) is 185 Å². The number of carboxylic acid groups (broad SMARTS) is 8. The molecule has 0 radical (unpaired) electrons. The third-order valence-corrected chi connectivity index (χ3v) is 20.2. The third kappa shape index (κ3) is 79.8. The van der Waals surface area contributed by atoms with Crippen LogP contribution in [0.5, 0.6) is 11.5 Å². The summed E-state index contributed by atoms with van der Waals surface area (Å²) >= 11 is 0. The topological polar surface area (TPSA) is 361 Å². The van der Waals surface area contributed by atoms with Gasteiger partial charge in [-0.15, -0.1) is 0 Å². The van der Waals surface area contributed by atoms with E-state index in [1.165, 1.54) is 98.7 Å². The second-order valence-electron chi connectivity index (χ2n) is 31.9. The predicted octanol–water partition coefficient (Wildman–Crippen LogP) is -9.16. The molecule has 0 bridgehead atoms. The van der Waals surface area contributed by atoms with Crippen molar-refractivity contribution < 1.29 is 335 Å². The molecule has 0 aliphatic rings. The summed E-state index contributed by atoms with van der Waals surface area (Å²) in [6.45, 7) is 18.8. The summed E-state index contributed by atoms with van der Waals surface area (Å²) in [5.41, 5.74) is 14.4. The summed E-state index contributed by atoms with van der Waals surface area (Å²) in [5, 5.41) is 103. The number of unbranched alkanes of at least 4 members (excludes halogenated alkanes) is 15. The molecule has 8 aromatic carbocycles. The molecule has 0 aliphatic heterocycles. The summed E-state index contributed by atoms with van der Waals surface area (Å²) in [6.07, 6.45) is 37.3. The van der Waals surface area contributed by atoms with Crippen molar-refractivity contribution in [2.24, 2.45) is 0 Å². The van der Waals surface area contributed by atoms with Gasteiger partial charge in [0.15, 0.2) is 0 Å². The van der Waals surface area contributed by atoms with Crippen LogP contribution < -0.4 is 277 Å². The number of carboxylic acids is 8. The molecule has 0 spiro atoms. The van der Waals surface area contributed by atoms with Gasteiger partial charge in [0, 0.05) is 85.8 Å². The molecule has 135 heavy (non-hydrogen) atoms. The van der Waals surface area contributed by atoms with Crippen molar-refractivity contribution in [3.8, 4) is 11.5 Å². The summed E-state index contributed by atoms with van der Waals surface area (Å²) in [4.78, 5) is 83.7. The second-order valence-corrected chi connectivity index (χ2v) is 31.9. The number of carbonyl (C=O) groups excluding carboxylic acids is 8. The fourth-order valence-electron chi connectivity index (χ4n) is 13.4. The first-order valence-electron chi connectivity index (χ1n) is 45.6. The number of carbonyl (C=O) groups is 8. The van der Waals surface area contributed by atoms with Crippen molar-refractivity contribution >= 4 is 53.8 Å². The zero-order valence-corrected chi connectivity index (χ0v) is 101. The number of phenolic OH excluding ortho intramolecular Hbond substituents is 2. The number of benzene rings is 8. The molecular weight excluding hydrogens is 1800 g/mol. The van der Waals surface area contributed by atoms with E-state index in [4.69, 9.17) is 0 Å². The number of aliphatic carboxylic acids is 8. The number of phenols is 2. The van der Waals surface area contributed by atoms with Crippen molar-refractivity contribution in [2.45, 2.75) is 319 Å². The molecule has 0 saturated carbocycles. The molecular formula is C107H138F2Na8O18. The van der Waals surface area contributed by atoms with Gasteiger partial charge in [0.2, 0.25) is 0 Å². The number of halogens is 2. The van der Waals surface area contributed by atoms with E-state index in [9.17, 15) is 98.2 Å². The standard InChI is InChI=1S/C14H19FO2.2C14H20O2.C13H17FO2.2C13H18O3.C13H18O2.C13H16O2.8Na/c1-2-3-4-5-12-10-11(6-8-13(12)15)7-9-14(16)17;1-3-4-5-7-12-8-6-9-13(10-12)11(2)14(15)16;1-2-3-4-6-12-7-5-8-13(11-12)9-10-14(15)16;2*1-2-3-4-5-10-6-11(9-13(15)16)8-12(14)7-10;1-2-3-4-5-10-6-7-12(14)11(8-10)9-13(15)16;2*1-2-3-4-6-11-7-5-8-12(9-11)10-13(14)15;;;;;;;;/h6,8,10H,2-5,7,9H2,1H3,(H,16,17);6,8-11H,3-5,7H2,1-2H3,(H,15,16);5,7-8,11H,2-4,6,9-10H2,1H3,(H,15,16);6-8H,2-5,9H2,1H3,(H,15,16);2*6-8,14H,2-5,9H2,1H3,(H,15,16);5,7-9H,2-4,6,10H2,1H3,(H,14,15);4-9H,2-3,10H2,1H3,(H,14,15);;;;;;;;/q;;;;;;;;8*+1/p-8/b;;;;;;;6-4+;;;;;;;;. The molecule has 0 aromatic heterocycles. The van der Waals surface area contributed by atoms with Crippen LogP contribution in [0, 0.1) is 11.6 Å². The Morgan fingerprint density at radius 1 is 0.296 bits per heavy atom. The van der Waals surface area contributed by atoms with E-state index < -0.39 is 53.7 Å². The molecule has 0 saturated heterocycles. The van der Waals surface area contributed by atoms with Crippen LogP contribution in [0.3, 0.4) is 0 Å². The van der Waals surface area contributed by atoms with Crippen LogP contribution in [-0.2, 0) is 128 Å². The van der Waals surface area contributed by atoms with Gasteiger partial charge in [-0.05, 0) is 247 Å². The summed E-state index contributed by atoms with van der Waals surface area (Å²) in [7, 11) is 0. The van der Waals surface area contributed by atoms with Crippen LogP contribution in [0.4, 0.5) is 8.78 Å². The minimum atomic E-state index is -1.18. The number of allylic oxidation sites excluding steroid dienone is 1. The largest absolute Gasteiger partial charge is 1.00 e. The van der Waals surface area contributed by atoms with Gasteiger partial charge < -0.3 is 89.4 Å².